The highest BCUT2D eigenvalue weighted by molar-refractivity contribution is 5.43. The molecule has 0 aromatic heterocycles. The lowest BCUT2D eigenvalue weighted by molar-refractivity contribution is 0.261. The van der Waals surface area contributed by atoms with Crippen LogP contribution >= 0.6 is 0 Å². The van der Waals surface area contributed by atoms with Crippen LogP contribution in [0.5, 0.6) is 17.2 Å². The maximum atomic E-state index is 6.27. The minimum absolute atomic E-state index is 0.128. The number of benzene rings is 3. The highest BCUT2D eigenvalue weighted by Gasteiger charge is 2.29. The van der Waals surface area contributed by atoms with E-state index in [1.165, 1.54) is 22.3 Å². The van der Waals surface area contributed by atoms with Crippen molar-refractivity contribution in [1.29, 1.82) is 0 Å². The predicted octanol–water partition coefficient (Wildman–Crippen LogP) is 6.06. The van der Waals surface area contributed by atoms with Crippen LogP contribution in [0.4, 0.5) is 0 Å². The van der Waals surface area contributed by atoms with E-state index in [-0.39, 0.29) is 29.1 Å². The molecule has 3 aliphatic heterocycles. The van der Waals surface area contributed by atoms with Gasteiger partial charge < -0.3 is 28.4 Å². The van der Waals surface area contributed by atoms with Crippen molar-refractivity contribution in [2.45, 2.75) is 69.7 Å². The molecule has 6 heteroatoms. The number of ether oxygens (including phenoxy) is 6. The lowest BCUT2D eigenvalue weighted by Gasteiger charge is -2.31. The van der Waals surface area contributed by atoms with E-state index >= 15 is 0 Å². The van der Waals surface area contributed by atoms with Gasteiger partial charge in [-0.25, -0.2) is 0 Å². The number of hydrogen-bond acceptors (Lipinski definition) is 6. The summed E-state index contributed by atoms with van der Waals surface area (Å²) in [5.74, 6) is 2.69. The fraction of sp³-hybridized carbons (Fsp3) is 0.486. The van der Waals surface area contributed by atoms with Crippen LogP contribution in [0.3, 0.4) is 0 Å². The molecule has 3 saturated heterocycles. The lowest BCUT2D eigenvalue weighted by atomic mass is 9.74. The van der Waals surface area contributed by atoms with E-state index in [9.17, 15) is 0 Å². The van der Waals surface area contributed by atoms with Crippen LogP contribution in [0.15, 0.2) is 66.7 Å². The Morgan fingerprint density at radius 3 is 1.34 bits per heavy atom. The Bertz CT molecular complexity index is 1240. The van der Waals surface area contributed by atoms with Crippen LogP contribution in [0.25, 0.3) is 0 Å². The zero-order valence-electron chi connectivity index (χ0n) is 24.7. The molecule has 3 aromatic carbocycles. The van der Waals surface area contributed by atoms with Crippen LogP contribution in [0.2, 0.25) is 0 Å². The Hall–Kier alpha value is -3.06. The molecule has 6 nitrogen and oxygen atoms in total. The predicted molar refractivity (Wildman–Crippen MR) is 158 cm³/mol. The average molecular weight is 559 g/mol. The second kappa shape index (κ2) is 11.7. The van der Waals surface area contributed by atoms with Crippen LogP contribution in [-0.2, 0) is 37.9 Å². The Balaban J connectivity index is 1.22. The van der Waals surface area contributed by atoms with Gasteiger partial charge in [-0.2, -0.15) is 0 Å². The molecular formula is C35H42O6. The molecule has 0 radical (unpaired) electrons. The summed E-state index contributed by atoms with van der Waals surface area (Å²) in [6, 6.07) is 23.7. The first-order valence-electron chi connectivity index (χ1n) is 14.8. The molecule has 3 aliphatic rings. The van der Waals surface area contributed by atoms with Crippen molar-refractivity contribution in [2.75, 3.05) is 39.6 Å². The van der Waals surface area contributed by atoms with Crippen molar-refractivity contribution in [3.63, 3.8) is 0 Å². The zero-order chi connectivity index (χ0) is 28.5. The van der Waals surface area contributed by atoms with Crippen molar-refractivity contribution < 1.29 is 28.4 Å². The Labute approximate surface area is 243 Å². The van der Waals surface area contributed by atoms with Gasteiger partial charge in [-0.05, 0) is 82.3 Å². The van der Waals surface area contributed by atoms with Crippen molar-refractivity contribution in [1.82, 2.24) is 0 Å². The normalized spacial score (nSPS) is 21.3. The van der Waals surface area contributed by atoms with Gasteiger partial charge >= 0.3 is 0 Å². The highest BCUT2D eigenvalue weighted by Crippen LogP contribution is 2.37. The van der Waals surface area contributed by atoms with Crippen LogP contribution < -0.4 is 14.2 Å². The first kappa shape index (κ1) is 28.1. The molecule has 0 aliphatic carbocycles. The quantitative estimate of drug-likeness (QED) is 0.211. The van der Waals surface area contributed by atoms with Gasteiger partial charge in [-0.15, -0.1) is 0 Å². The summed E-state index contributed by atoms with van der Waals surface area (Å²) in [4.78, 5) is 0. The van der Waals surface area contributed by atoms with Crippen LogP contribution in [0.1, 0.15) is 49.9 Å². The van der Waals surface area contributed by atoms with E-state index in [0.717, 1.165) is 49.9 Å². The molecule has 3 heterocycles. The van der Waals surface area contributed by atoms with E-state index < -0.39 is 0 Å². The van der Waals surface area contributed by atoms with E-state index in [4.69, 9.17) is 28.4 Å². The zero-order valence-corrected chi connectivity index (χ0v) is 24.7. The Kier molecular flexibility index (Phi) is 7.99. The van der Waals surface area contributed by atoms with Gasteiger partial charge in [0.25, 0.3) is 0 Å². The molecule has 0 spiro atoms. The molecule has 3 atom stereocenters. The summed E-state index contributed by atoms with van der Waals surface area (Å²) in [6.07, 6.45) is 2.45. The van der Waals surface area contributed by atoms with E-state index in [2.05, 4.69) is 82.3 Å². The van der Waals surface area contributed by atoms with Crippen LogP contribution in [-0.4, -0.2) is 58.0 Å². The minimum atomic E-state index is -0.128. The molecule has 6 rings (SSSR count). The lowest BCUT2D eigenvalue weighted by Crippen LogP contribution is -2.25. The van der Waals surface area contributed by atoms with Crippen LogP contribution in [0, 0.1) is 0 Å². The molecule has 0 N–H and O–H groups in total. The average Bonchev–Trinajstić information content (AvgIpc) is 3.80. The van der Waals surface area contributed by atoms with Gasteiger partial charge in [-0.1, -0.05) is 58.0 Å². The summed E-state index contributed by atoms with van der Waals surface area (Å²) in [5, 5.41) is 0. The fourth-order valence-electron chi connectivity index (χ4n) is 5.24. The number of epoxide rings is 3. The van der Waals surface area contributed by atoms with E-state index in [0.29, 0.717) is 19.8 Å². The van der Waals surface area contributed by atoms with Gasteiger partial charge in [0.2, 0.25) is 0 Å². The van der Waals surface area contributed by atoms with E-state index in [1.807, 2.05) is 12.1 Å². The summed E-state index contributed by atoms with van der Waals surface area (Å²) in [7, 11) is 0. The van der Waals surface area contributed by atoms with Gasteiger partial charge in [0.15, 0.2) is 0 Å². The van der Waals surface area contributed by atoms with Gasteiger partial charge in [-0.3, -0.25) is 0 Å². The van der Waals surface area contributed by atoms with Crippen molar-refractivity contribution in [2.24, 2.45) is 0 Å². The maximum absolute atomic E-state index is 6.27. The van der Waals surface area contributed by atoms with Crippen molar-refractivity contribution in [3.8, 4) is 17.2 Å². The third kappa shape index (κ3) is 8.03. The van der Waals surface area contributed by atoms with Gasteiger partial charge in [0.05, 0.1) is 19.8 Å². The second-order valence-corrected chi connectivity index (χ2v) is 13.0. The standard InChI is InChI=1S/C35H42O6/c1-34(2,16-24-7-5-9-28(11-24)36-18-31-21-39-31)26-13-27(15-30(14-26)38-20-33-23-41-33)35(3,4)17-25-8-6-10-29(12-25)37-19-32-22-40-32/h5-15,31-33H,16-23H2,1-4H3. The summed E-state index contributed by atoms with van der Waals surface area (Å²) in [5.41, 5.74) is 4.75. The summed E-state index contributed by atoms with van der Waals surface area (Å²) < 4.78 is 34.2. The topological polar surface area (TPSA) is 65.3 Å². The van der Waals surface area contributed by atoms with Crippen molar-refractivity contribution in [3.05, 3.63) is 89.0 Å². The highest BCUT2D eigenvalue weighted by atomic mass is 16.6. The molecule has 3 unspecified atom stereocenters. The molecule has 3 aromatic rings. The summed E-state index contributed by atoms with van der Waals surface area (Å²) >= 11 is 0. The first-order valence-corrected chi connectivity index (χ1v) is 14.8. The molecule has 0 saturated carbocycles. The smallest absolute Gasteiger partial charge is 0.120 e. The molecule has 218 valence electrons. The van der Waals surface area contributed by atoms with E-state index in [1.54, 1.807) is 0 Å². The Morgan fingerprint density at radius 2 is 0.951 bits per heavy atom. The molecule has 0 bridgehead atoms. The monoisotopic (exact) mass is 558 g/mol. The molecule has 41 heavy (non-hydrogen) atoms. The maximum Gasteiger partial charge on any atom is 0.120 e. The number of hydrogen-bond donors (Lipinski definition) is 0. The van der Waals surface area contributed by atoms with Gasteiger partial charge in [0.1, 0.15) is 55.4 Å². The Morgan fingerprint density at radius 1 is 0.561 bits per heavy atom. The fourth-order valence-corrected chi connectivity index (χ4v) is 5.24. The largest absolute Gasteiger partial charge is 0.491 e. The second-order valence-electron chi connectivity index (χ2n) is 13.0. The third-order valence-electron chi connectivity index (χ3n) is 8.07. The number of rotatable bonds is 15. The SMILES string of the molecule is CC(C)(Cc1cccc(OCC2CO2)c1)c1cc(OCC2CO2)cc(C(C)(C)Cc2cccc(OCC3CO3)c2)c1. The van der Waals surface area contributed by atoms with Gasteiger partial charge in [0, 0.05) is 0 Å². The molecular weight excluding hydrogens is 516 g/mol. The summed E-state index contributed by atoms with van der Waals surface area (Å²) in [6.45, 7) is 13.4. The minimum Gasteiger partial charge on any atom is -0.491 e. The third-order valence-corrected chi connectivity index (χ3v) is 8.07. The molecule has 0 amide bonds. The molecule has 3 fully saturated rings. The first-order chi connectivity index (χ1) is 19.7. The van der Waals surface area contributed by atoms with Crippen molar-refractivity contribution >= 4 is 0 Å².